The number of carbonyl (C=O) groups is 1. The minimum Gasteiger partial charge on any atom is -0.459 e. The van der Waals surface area contributed by atoms with E-state index in [1.807, 2.05) is 0 Å². The summed E-state index contributed by atoms with van der Waals surface area (Å²) in [5.41, 5.74) is 5.20. The zero-order valence-corrected chi connectivity index (χ0v) is 12.6. The molecule has 0 rings (SSSR count). The molecule has 2 N–H and O–H groups in total. The van der Waals surface area contributed by atoms with Gasteiger partial charge in [0, 0.05) is 13.7 Å². The maximum absolute atomic E-state index is 13.3. The summed E-state index contributed by atoms with van der Waals surface area (Å²) in [6.07, 6.45) is -0.599. The molecule has 0 spiro atoms. The SMILES string of the molecule is COC[C@@H](F)CN(C)CC[C@H](N)C(=O)OC(C)(C)C. The van der Waals surface area contributed by atoms with Crippen LogP contribution in [0.3, 0.4) is 0 Å². The van der Waals surface area contributed by atoms with Crippen molar-refractivity contribution in [2.45, 2.75) is 45.0 Å². The Labute approximate surface area is 115 Å². The van der Waals surface area contributed by atoms with E-state index in [0.717, 1.165) is 0 Å². The zero-order valence-electron chi connectivity index (χ0n) is 12.6. The number of hydrogen-bond acceptors (Lipinski definition) is 5. The van der Waals surface area contributed by atoms with E-state index < -0.39 is 23.8 Å². The zero-order chi connectivity index (χ0) is 15.1. The highest BCUT2D eigenvalue weighted by atomic mass is 19.1. The summed E-state index contributed by atoms with van der Waals surface area (Å²) in [4.78, 5) is 13.4. The Balaban J connectivity index is 3.95. The van der Waals surface area contributed by atoms with E-state index in [2.05, 4.69) is 0 Å². The first-order chi connectivity index (χ1) is 8.65. The second-order valence-electron chi connectivity index (χ2n) is 5.74. The van der Waals surface area contributed by atoms with Gasteiger partial charge in [0.2, 0.25) is 0 Å². The molecule has 0 aliphatic rings. The first-order valence-corrected chi connectivity index (χ1v) is 6.45. The lowest BCUT2D eigenvalue weighted by molar-refractivity contribution is -0.156. The van der Waals surface area contributed by atoms with Crippen LogP contribution in [0.5, 0.6) is 0 Å². The molecule has 6 heteroatoms. The third-order valence-corrected chi connectivity index (χ3v) is 2.39. The van der Waals surface area contributed by atoms with E-state index in [1.165, 1.54) is 7.11 Å². The lowest BCUT2D eigenvalue weighted by atomic mass is 10.1. The molecule has 5 nitrogen and oxygen atoms in total. The lowest BCUT2D eigenvalue weighted by Gasteiger charge is -2.24. The van der Waals surface area contributed by atoms with Gasteiger partial charge in [0.1, 0.15) is 17.8 Å². The highest BCUT2D eigenvalue weighted by Gasteiger charge is 2.22. The molecule has 2 atom stereocenters. The van der Waals surface area contributed by atoms with Gasteiger partial charge in [-0.05, 0) is 40.8 Å². The second-order valence-corrected chi connectivity index (χ2v) is 5.74. The van der Waals surface area contributed by atoms with Crippen molar-refractivity contribution in [3.05, 3.63) is 0 Å². The van der Waals surface area contributed by atoms with Crippen LogP contribution in [-0.2, 0) is 14.3 Å². The van der Waals surface area contributed by atoms with Crippen molar-refractivity contribution in [3.63, 3.8) is 0 Å². The van der Waals surface area contributed by atoms with Gasteiger partial charge in [0.05, 0.1) is 6.61 Å². The molecule has 0 aromatic carbocycles. The van der Waals surface area contributed by atoms with Gasteiger partial charge in [-0.15, -0.1) is 0 Å². The Morgan fingerprint density at radius 2 is 2.00 bits per heavy atom. The molecule has 0 saturated heterocycles. The van der Waals surface area contributed by atoms with Crippen molar-refractivity contribution >= 4 is 5.97 Å². The fourth-order valence-electron chi connectivity index (χ4n) is 1.52. The van der Waals surface area contributed by atoms with Gasteiger partial charge in [-0.1, -0.05) is 0 Å². The Kier molecular flexibility index (Phi) is 8.13. The largest absolute Gasteiger partial charge is 0.459 e. The molecule has 0 amide bonds. The van der Waals surface area contributed by atoms with Gasteiger partial charge >= 0.3 is 5.97 Å². The molecule has 0 aliphatic heterocycles. The summed E-state index contributed by atoms with van der Waals surface area (Å²) in [5.74, 6) is -0.422. The number of esters is 1. The maximum atomic E-state index is 13.3. The van der Waals surface area contributed by atoms with Crippen molar-refractivity contribution in [2.75, 3.05) is 33.9 Å². The average Bonchev–Trinajstić information content (AvgIpc) is 2.23. The minimum atomic E-state index is -1.03. The van der Waals surface area contributed by atoms with E-state index in [0.29, 0.717) is 13.0 Å². The van der Waals surface area contributed by atoms with Crippen LogP contribution in [0, 0.1) is 0 Å². The Hall–Kier alpha value is -0.720. The molecule has 0 radical (unpaired) electrons. The second kappa shape index (κ2) is 8.45. The molecule has 0 bridgehead atoms. The normalized spacial score (nSPS) is 15.4. The summed E-state index contributed by atoms with van der Waals surface area (Å²) in [6.45, 7) is 6.24. The standard InChI is InChI=1S/C13H27FN2O3/c1-13(2,3)19-12(17)11(15)6-7-16(4)8-10(14)9-18-5/h10-11H,6-9,15H2,1-5H3/t10-,11-/m0/s1. The van der Waals surface area contributed by atoms with E-state index in [1.54, 1.807) is 32.7 Å². The molecule has 0 aromatic heterocycles. The number of carbonyl (C=O) groups excluding carboxylic acids is 1. The van der Waals surface area contributed by atoms with E-state index in [4.69, 9.17) is 15.2 Å². The molecular weight excluding hydrogens is 251 g/mol. The minimum absolute atomic E-state index is 0.0719. The quantitative estimate of drug-likeness (QED) is 0.670. The highest BCUT2D eigenvalue weighted by molar-refractivity contribution is 5.75. The first kappa shape index (κ1) is 18.3. The van der Waals surface area contributed by atoms with Gasteiger partial charge < -0.3 is 20.1 Å². The number of methoxy groups -OCH3 is 1. The summed E-state index contributed by atoms with van der Waals surface area (Å²) >= 11 is 0. The summed E-state index contributed by atoms with van der Waals surface area (Å²) in [6, 6.07) is -0.679. The Morgan fingerprint density at radius 3 is 2.47 bits per heavy atom. The molecule has 0 unspecified atom stereocenters. The number of ether oxygens (including phenoxy) is 2. The molecule has 0 heterocycles. The van der Waals surface area contributed by atoms with Gasteiger partial charge in [0.25, 0.3) is 0 Å². The van der Waals surface area contributed by atoms with E-state index in [9.17, 15) is 9.18 Å². The number of hydrogen-bond donors (Lipinski definition) is 1. The number of nitrogens with two attached hydrogens (primary N) is 1. The van der Waals surface area contributed by atoms with Crippen molar-refractivity contribution in [1.82, 2.24) is 4.90 Å². The van der Waals surface area contributed by atoms with Gasteiger partial charge in [-0.25, -0.2) is 4.39 Å². The molecule has 19 heavy (non-hydrogen) atoms. The number of halogens is 1. The third-order valence-electron chi connectivity index (χ3n) is 2.39. The van der Waals surface area contributed by atoms with Crippen LogP contribution in [0.25, 0.3) is 0 Å². The van der Waals surface area contributed by atoms with Crippen molar-refractivity contribution in [3.8, 4) is 0 Å². The molecule has 0 aromatic rings. The monoisotopic (exact) mass is 278 g/mol. The predicted molar refractivity (Wildman–Crippen MR) is 72.7 cm³/mol. The number of nitrogens with zero attached hydrogens (tertiary/aromatic N) is 1. The highest BCUT2D eigenvalue weighted by Crippen LogP contribution is 2.09. The maximum Gasteiger partial charge on any atom is 0.323 e. The van der Waals surface area contributed by atoms with Crippen molar-refractivity contribution in [1.29, 1.82) is 0 Å². The lowest BCUT2D eigenvalue weighted by Crippen LogP contribution is -2.40. The Morgan fingerprint density at radius 1 is 1.42 bits per heavy atom. The van der Waals surface area contributed by atoms with Crippen LogP contribution in [0.2, 0.25) is 0 Å². The molecule has 0 fully saturated rings. The number of alkyl halides is 1. The molecule has 0 saturated carbocycles. The van der Waals surface area contributed by atoms with Crippen LogP contribution in [0.1, 0.15) is 27.2 Å². The summed E-state index contributed by atoms with van der Waals surface area (Å²) in [7, 11) is 3.25. The van der Waals surface area contributed by atoms with Crippen LogP contribution in [-0.4, -0.2) is 62.5 Å². The first-order valence-electron chi connectivity index (χ1n) is 6.45. The molecule has 0 aliphatic carbocycles. The fraction of sp³-hybridized carbons (Fsp3) is 0.923. The van der Waals surface area contributed by atoms with Crippen LogP contribution in [0.15, 0.2) is 0 Å². The van der Waals surface area contributed by atoms with Crippen LogP contribution < -0.4 is 5.73 Å². The van der Waals surface area contributed by atoms with Crippen LogP contribution in [0.4, 0.5) is 4.39 Å². The third kappa shape index (κ3) is 9.81. The van der Waals surface area contributed by atoms with Crippen molar-refractivity contribution < 1.29 is 18.7 Å². The predicted octanol–water partition coefficient (Wildman–Crippen LogP) is 0.962. The van der Waals surface area contributed by atoms with Gasteiger partial charge in [-0.2, -0.15) is 0 Å². The Bertz CT molecular complexity index is 269. The smallest absolute Gasteiger partial charge is 0.323 e. The average molecular weight is 278 g/mol. The van der Waals surface area contributed by atoms with Crippen molar-refractivity contribution in [2.24, 2.45) is 5.73 Å². The van der Waals surface area contributed by atoms with E-state index >= 15 is 0 Å². The summed E-state index contributed by atoms with van der Waals surface area (Å²) < 4.78 is 23.2. The molecule has 114 valence electrons. The van der Waals surface area contributed by atoms with E-state index in [-0.39, 0.29) is 13.2 Å². The molecular formula is C13H27FN2O3. The van der Waals surface area contributed by atoms with Gasteiger partial charge in [-0.3, -0.25) is 4.79 Å². The topological polar surface area (TPSA) is 64.8 Å². The van der Waals surface area contributed by atoms with Crippen LogP contribution >= 0.6 is 0 Å². The van der Waals surface area contributed by atoms with Gasteiger partial charge in [0.15, 0.2) is 0 Å². The summed E-state index contributed by atoms with van der Waals surface area (Å²) in [5, 5.41) is 0. The fourth-order valence-corrected chi connectivity index (χ4v) is 1.52. The number of rotatable bonds is 8.